The van der Waals surface area contributed by atoms with Crippen molar-refractivity contribution in [1.82, 2.24) is 19.7 Å². The van der Waals surface area contributed by atoms with Crippen LogP contribution in [-0.4, -0.2) is 68.3 Å². The molecule has 3 heterocycles. The lowest BCUT2D eigenvalue weighted by Gasteiger charge is -2.33. The van der Waals surface area contributed by atoms with Crippen LogP contribution in [0.25, 0.3) is 5.52 Å². The Kier molecular flexibility index (Phi) is 8.07. The molecule has 2 aromatic heterocycles. The number of rotatable bonds is 11. The lowest BCUT2D eigenvalue weighted by atomic mass is 9.86. The number of hydrogen-bond donors (Lipinski definition) is 4. The summed E-state index contributed by atoms with van der Waals surface area (Å²) in [4.78, 5) is 16.2. The van der Waals surface area contributed by atoms with Gasteiger partial charge in [-0.3, -0.25) is 9.32 Å². The average Bonchev–Trinajstić information content (AvgIpc) is 3.44. The summed E-state index contributed by atoms with van der Waals surface area (Å²) in [6, 6.07) is 10.4. The third-order valence-electron chi connectivity index (χ3n) is 6.22. The number of carbonyl (C=O) groups is 1. The summed E-state index contributed by atoms with van der Waals surface area (Å²) < 4.78 is 37.4. The molecule has 0 spiro atoms. The average molecular weight is 550 g/mol. The molecule has 0 saturated carbocycles. The Labute approximate surface area is 219 Å². The number of nitrogen functional groups attached to an aromatic ring is 1. The number of para-hydroxylation sites is 1. The molecule has 38 heavy (non-hydrogen) atoms. The van der Waals surface area contributed by atoms with Crippen LogP contribution in [0.5, 0.6) is 5.75 Å². The maximum absolute atomic E-state index is 13.8. The number of anilines is 1. The number of nitrogens with one attached hydrogen (secondary N) is 1. The molecular weight excluding hydrogens is 517 g/mol. The molecule has 3 aromatic rings. The lowest BCUT2D eigenvalue weighted by Crippen LogP contribution is -2.50. The molecule has 0 radical (unpaired) electrons. The summed E-state index contributed by atoms with van der Waals surface area (Å²) in [7, 11) is -4.22. The Morgan fingerprint density at radius 2 is 2.08 bits per heavy atom. The third kappa shape index (κ3) is 5.53. The van der Waals surface area contributed by atoms with E-state index in [9.17, 15) is 19.6 Å². The number of hydrogen-bond acceptors (Lipinski definition) is 11. The predicted molar refractivity (Wildman–Crippen MR) is 136 cm³/mol. The molecular formula is C24H32N5O8P. The summed E-state index contributed by atoms with van der Waals surface area (Å²) >= 11 is 0. The van der Waals surface area contributed by atoms with Crippen LogP contribution in [0, 0.1) is 0 Å². The molecule has 1 fully saturated rings. The van der Waals surface area contributed by atoms with Crippen molar-refractivity contribution < 1.29 is 38.1 Å². The minimum atomic E-state index is -4.22. The van der Waals surface area contributed by atoms with Gasteiger partial charge in [0.15, 0.2) is 11.4 Å². The van der Waals surface area contributed by atoms with Crippen LogP contribution in [-0.2, 0) is 29.0 Å². The molecule has 14 heteroatoms. The Bertz CT molecular complexity index is 1320. The summed E-state index contributed by atoms with van der Waals surface area (Å²) in [6.45, 7) is 4.24. The van der Waals surface area contributed by atoms with Crippen molar-refractivity contribution in [2.45, 2.75) is 50.5 Å². The maximum atomic E-state index is 13.8. The zero-order valence-electron chi connectivity index (χ0n) is 21.3. The van der Waals surface area contributed by atoms with Gasteiger partial charge >= 0.3 is 13.7 Å². The van der Waals surface area contributed by atoms with E-state index >= 15 is 0 Å². The number of aliphatic hydroxyl groups excluding tert-OH is 1. The quantitative estimate of drug-likeness (QED) is 0.201. The van der Waals surface area contributed by atoms with Crippen LogP contribution in [0.15, 0.2) is 48.8 Å². The molecule has 1 aromatic carbocycles. The van der Waals surface area contributed by atoms with Crippen LogP contribution < -0.4 is 15.3 Å². The van der Waals surface area contributed by atoms with Gasteiger partial charge < -0.3 is 29.9 Å². The van der Waals surface area contributed by atoms with E-state index in [1.807, 2.05) is 6.92 Å². The van der Waals surface area contributed by atoms with Crippen LogP contribution >= 0.6 is 7.75 Å². The fraction of sp³-hybridized carbons (Fsp3) is 0.458. The zero-order chi connectivity index (χ0) is 27.6. The smallest absolute Gasteiger partial charge is 0.459 e. The Morgan fingerprint density at radius 3 is 2.79 bits per heavy atom. The first kappa shape index (κ1) is 28.0. The number of esters is 1. The molecule has 0 aliphatic carbocycles. The van der Waals surface area contributed by atoms with E-state index < -0.39 is 43.7 Å². The number of ether oxygens (including phenoxy) is 2. The summed E-state index contributed by atoms with van der Waals surface area (Å²) in [5, 5.41) is 29.4. The molecule has 1 aliphatic rings. The van der Waals surface area contributed by atoms with E-state index in [1.54, 1.807) is 42.5 Å². The van der Waals surface area contributed by atoms with Gasteiger partial charge in [-0.2, -0.15) is 10.2 Å². The first-order chi connectivity index (χ1) is 18.0. The standard InChI is InChI=1S/C24H32N5O8P/c1-4-12-34-21(30)16(2)28-38(33,37-17-8-6-5-7-9-17)36-13-23(3)22(31)24(32,14-35-23)19-11-10-18-20(25)26-15-27-29(18)19/h5-11,15-16,22,31-32H,4,12-14H2,1-3H3,(H,28,33)(H2,25,26,27)/t16-,22+,23+,24+,38?/m0/s1. The van der Waals surface area contributed by atoms with E-state index in [0.29, 0.717) is 11.9 Å². The van der Waals surface area contributed by atoms with Crippen molar-refractivity contribution in [2.24, 2.45) is 0 Å². The van der Waals surface area contributed by atoms with Crippen molar-refractivity contribution in [3.63, 3.8) is 0 Å². The molecule has 5 N–H and O–H groups in total. The Balaban J connectivity index is 1.55. The van der Waals surface area contributed by atoms with Crippen molar-refractivity contribution in [2.75, 3.05) is 25.6 Å². The number of aliphatic hydroxyl groups is 2. The minimum Gasteiger partial charge on any atom is -0.465 e. The SMILES string of the molecule is CCCOC(=O)[C@H](C)NP(=O)(OC[C@@]1(C)OC[C@@](O)(c2ccc3c(N)ncnn23)[C@@H]1O)Oc1ccccc1. The number of carbonyl (C=O) groups excluding carboxylic acids is 1. The topological polar surface area (TPSA) is 180 Å². The van der Waals surface area contributed by atoms with Crippen molar-refractivity contribution in [3.8, 4) is 5.75 Å². The van der Waals surface area contributed by atoms with E-state index in [4.69, 9.17) is 24.3 Å². The highest BCUT2D eigenvalue weighted by Crippen LogP contribution is 2.48. The molecule has 1 saturated heterocycles. The lowest BCUT2D eigenvalue weighted by molar-refractivity contribution is -0.145. The Morgan fingerprint density at radius 1 is 1.34 bits per heavy atom. The first-order valence-corrected chi connectivity index (χ1v) is 13.6. The number of nitrogens with two attached hydrogens (primary N) is 1. The highest BCUT2D eigenvalue weighted by molar-refractivity contribution is 7.52. The fourth-order valence-electron chi connectivity index (χ4n) is 4.09. The normalized spacial score (nSPS) is 25.7. The van der Waals surface area contributed by atoms with Gasteiger partial charge in [0.05, 0.1) is 25.5 Å². The highest BCUT2D eigenvalue weighted by atomic mass is 31.2. The van der Waals surface area contributed by atoms with Gasteiger partial charge in [0.1, 0.15) is 35.3 Å². The van der Waals surface area contributed by atoms with Crippen molar-refractivity contribution >= 4 is 25.1 Å². The van der Waals surface area contributed by atoms with E-state index in [0.717, 1.165) is 0 Å². The zero-order valence-corrected chi connectivity index (χ0v) is 22.2. The number of fused-ring (bicyclic) bond motifs is 1. The molecule has 206 valence electrons. The molecule has 0 amide bonds. The van der Waals surface area contributed by atoms with Crippen LogP contribution in [0.1, 0.15) is 32.9 Å². The first-order valence-electron chi connectivity index (χ1n) is 12.1. The van der Waals surface area contributed by atoms with E-state index in [-0.39, 0.29) is 30.5 Å². The fourth-order valence-corrected chi connectivity index (χ4v) is 5.68. The third-order valence-corrected chi connectivity index (χ3v) is 7.85. The number of nitrogens with zero attached hydrogens (tertiary/aromatic N) is 3. The van der Waals surface area contributed by atoms with E-state index in [2.05, 4.69) is 15.2 Å². The largest absolute Gasteiger partial charge is 0.465 e. The van der Waals surface area contributed by atoms with Crippen molar-refractivity contribution in [1.29, 1.82) is 0 Å². The van der Waals surface area contributed by atoms with Gasteiger partial charge in [0.25, 0.3) is 0 Å². The number of aromatic nitrogens is 3. The van der Waals surface area contributed by atoms with Gasteiger partial charge in [-0.15, -0.1) is 0 Å². The molecule has 1 aliphatic heterocycles. The van der Waals surface area contributed by atoms with Gasteiger partial charge in [0.2, 0.25) is 0 Å². The summed E-state index contributed by atoms with van der Waals surface area (Å²) in [5.41, 5.74) is 3.14. The summed E-state index contributed by atoms with van der Waals surface area (Å²) in [6.07, 6.45) is 0.315. The van der Waals surface area contributed by atoms with Crippen molar-refractivity contribution in [3.05, 3.63) is 54.5 Å². The van der Waals surface area contributed by atoms with Gasteiger partial charge in [-0.1, -0.05) is 25.1 Å². The highest BCUT2D eigenvalue weighted by Gasteiger charge is 2.58. The second-order valence-corrected chi connectivity index (χ2v) is 11.0. The second kappa shape index (κ2) is 11.0. The number of benzene rings is 1. The molecule has 13 nitrogen and oxygen atoms in total. The summed E-state index contributed by atoms with van der Waals surface area (Å²) in [5.74, 6) is -0.207. The predicted octanol–water partition coefficient (Wildman–Crippen LogP) is 1.78. The van der Waals surface area contributed by atoms with Crippen LogP contribution in [0.3, 0.4) is 0 Å². The van der Waals surface area contributed by atoms with Gasteiger partial charge in [-0.25, -0.2) is 14.1 Å². The molecule has 4 rings (SSSR count). The maximum Gasteiger partial charge on any atom is 0.459 e. The van der Waals surface area contributed by atoms with Crippen LogP contribution in [0.2, 0.25) is 0 Å². The minimum absolute atomic E-state index is 0.200. The van der Waals surface area contributed by atoms with Crippen LogP contribution in [0.4, 0.5) is 5.82 Å². The van der Waals surface area contributed by atoms with Gasteiger partial charge in [0, 0.05) is 0 Å². The Hall–Kier alpha value is -3.06. The molecule has 5 atom stereocenters. The molecule has 1 unspecified atom stereocenters. The molecule has 0 bridgehead atoms. The van der Waals surface area contributed by atoms with Gasteiger partial charge in [-0.05, 0) is 44.5 Å². The van der Waals surface area contributed by atoms with E-state index in [1.165, 1.54) is 24.7 Å². The monoisotopic (exact) mass is 549 g/mol. The second-order valence-electron chi connectivity index (χ2n) is 9.28.